The second kappa shape index (κ2) is 11.9. The highest BCUT2D eigenvalue weighted by molar-refractivity contribution is 5.73. The molecule has 254 valence electrons. The molecule has 8 rings (SSSR count). The molecule has 1 atom stereocenters. The molecule has 0 saturated carbocycles. The van der Waals surface area contributed by atoms with Gasteiger partial charge in [0, 0.05) is 61.9 Å². The van der Waals surface area contributed by atoms with Gasteiger partial charge in [-0.2, -0.15) is 9.78 Å². The van der Waals surface area contributed by atoms with Crippen molar-refractivity contribution in [2.24, 2.45) is 12.5 Å². The summed E-state index contributed by atoms with van der Waals surface area (Å²) < 4.78 is 9.95. The first-order valence-electron chi connectivity index (χ1n) is 16.7. The molecule has 0 unspecified atom stereocenters. The largest absolute Gasteiger partial charge is 0.392 e. The minimum absolute atomic E-state index is 0.139. The van der Waals surface area contributed by atoms with Crippen molar-refractivity contribution < 1.29 is 9.84 Å². The third-order valence-electron chi connectivity index (χ3n) is 10.1. The van der Waals surface area contributed by atoms with Crippen LogP contribution in [0.2, 0.25) is 0 Å². The minimum atomic E-state index is -0.402. The molecule has 0 radical (unpaired) electrons. The summed E-state index contributed by atoms with van der Waals surface area (Å²) in [5.41, 5.74) is 5.18. The minimum Gasteiger partial charge on any atom is -0.392 e. The molecule has 5 aromatic rings. The van der Waals surface area contributed by atoms with Crippen LogP contribution in [0, 0.1) is 5.41 Å². The van der Waals surface area contributed by atoms with Gasteiger partial charge < -0.3 is 24.6 Å². The van der Waals surface area contributed by atoms with Gasteiger partial charge in [0.15, 0.2) is 5.82 Å². The van der Waals surface area contributed by atoms with Gasteiger partial charge in [0.1, 0.15) is 17.5 Å². The lowest BCUT2D eigenvalue weighted by Gasteiger charge is -2.46. The molecule has 14 nitrogen and oxygen atoms in total. The number of aliphatic hydroxyl groups is 1. The van der Waals surface area contributed by atoms with Crippen molar-refractivity contribution in [3.63, 3.8) is 0 Å². The average molecular weight is 665 g/mol. The van der Waals surface area contributed by atoms with Crippen LogP contribution in [-0.2, 0) is 31.2 Å². The summed E-state index contributed by atoms with van der Waals surface area (Å²) in [6.07, 6.45) is 10.2. The van der Waals surface area contributed by atoms with E-state index in [0.717, 1.165) is 62.6 Å². The number of pyridine rings is 2. The van der Waals surface area contributed by atoms with Crippen LogP contribution in [0.1, 0.15) is 37.6 Å². The van der Waals surface area contributed by atoms with Crippen molar-refractivity contribution in [3.8, 4) is 16.9 Å². The van der Waals surface area contributed by atoms with Gasteiger partial charge in [-0.1, -0.05) is 13.8 Å². The van der Waals surface area contributed by atoms with Gasteiger partial charge in [-0.15, -0.1) is 0 Å². The van der Waals surface area contributed by atoms with E-state index in [9.17, 15) is 14.7 Å². The van der Waals surface area contributed by atoms with Crippen molar-refractivity contribution in [3.05, 3.63) is 86.8 Å². The van der Waals surface area contributed by atoms with E-state index in [1.165, 1.54) is 9.25 Å². The Morgan fingerprint density at radius 1 is 1.06 bits per heavy atom. The maximum absolute atomic E-state index is 13.7. The van der Waals surface area contributed by atoms with Gasteiger partial charge in [0.05, 0.1) is 43.9 Å². The predicted octanol–water partition coefficient (Wildman–Crippen LogP) is 2.31. The third kappa shape index (κ3) is 5.49. The number of nitrogens with one attached hydrogen (secondary N) is 1. The Morgan fingerprint density at radius 3 is 2.57 bits per heavy atom. The van der Waals surface area contributed by atoms with E-state index < -0.39 is 6.61 Å². The quantitative estimate of drug-likeness (QED) is 0.264. The number of hydrogen-bond acceptors (Lipinski definition) is 11. The summed E-state index contributed by atoms with van der Waals surface area (Å²) >= 11 is 0. The number of rotatable bonds is 7. The van der Waals surface area contributed by atoms with E-state index in [0.29, 0.717) is 40.2 Å². The fraction of sp³-hybridized carbons (Fsp3) is 0.429. The lowest BCUT2D eigenvalue weighted by atomic mass is 9.90. The Labute approximate surface area is 282 Å². The molecule has 0 amide bonds. The summed E-state index contributed by atoms with van der Waals surface area (Å²) in [5, 5.41) is 18.2. The molecule has 14 heteroatoms. The Bertz CT molecular complexity index is 2180. The standard InChI is InChI=1S/C35H40N10O4/c1-21-15-42(25-18-49-19-25)7-8-43(21)24-13-37-34(38-14-24)40-28-9-23(16-41(4)32(28)47)26-5-6-36-31(27(26)17-46)45-33(48)29-10-22-11-35(2,3)12-30(22)44(29)20-39-45/h5-6,9-10,13-14,16,20-21,25,46H,7-8,11-12,15,17-19H2,1-4H3,(H,37,38,40)/t21-/m0/s1. The molecule has 0 spiro atoms. The highest BCUT2D eigenvalue weighted by Gasteiger charge is 2.33. The van der Waals surface area contributed by atoms with E-state index in [-0.39, 0.29) is 28.0 Å². The van der Waals surface area contributed by atoms with Gasteiger partial charge in [0.25, 0.3) is 11.1 Å². The first-order chi connectivity index (χ1) is 23.6. The second-order valence-electron chi connectivity index (χ2n) is 14.2. The normalized spacial score (nSPS) is 19.3. The number of ether oxygens (including phenoxy) is 1. The summed E-state index contributed by atoms with van der Waals surface area (Å²) in [7, 11) is 1.66. The summed E-state index contributed by atoms with van der Waals surface area (Å²) in [6.45, 7) is 10.6. The number of fused-ring (bicyclic) bond motifs is 3. The molecule has 1 aliphatic carbocycles. The van der Waals surface area contributed by atoms with Crippen molar-refractivity contribution in [1.82, 2.24) is 38.6 Å². The van der Waals surface area contributed by atoms with Crippen LogP contribution in [0.3, 0.4) is 0 Å². The van der Waals surface area contributed by atoms with Crippen molar-refractivity contribution in [1.29, 1.82) is 0 Å². The van der Waals surface area contributed by atoms with Crippen LogP contribution >= 0.6 is 0 Å². The van der Waals surface area contributed by atoms with Crippen molar-refractivity contribution in [2.45, 2.75) is 52.3 Å². The third-order valence-corrected chi connectivity index (χ3v) is 10.1. The Balaban J connectivity index is 1.07. The highest BCUT2D eigenvalue weighted by Crippen LogP contribution is 2.37. The molecule has 0 bridgehead atoms. The van der Waals surface area contributed by atoms with Crippen molar-refractivity contribution in [2.75, 3.05) is 43.1 Å². The fourth-order valence-electron chi connectivity index (χ4n) is 7.54. The van der Waals surface area contributed by atoms with Gasteiger partial charge in [-0.25, -0.2) is 15.0 Å². The number of hydrogen-bond donors (Lipinski definition) is 2. The first kappa shape index (κ1) is 31.4. The monoisotopic (exact) mass is 664 g/mol. The van der Waals surface area contributed by atoms with E-state index in [1.807, 2.05) is 10.5 Å². The number of anilines is 3. The SMILES string of the molecule is C[C@H]1CN(C2COC2)CCN1c1cnc(Nc2cc(-c3ccnc(-n4ncn5c6c(cc5c4=O)CC(C)(C)C6)c3CO)cn(C)c2=O)nc1. The first-order valence-corrected chi connectivity index (χ1v) is 16.7. The van der Waals surface area contributed by atoms with Crippen LogP contribution < -0.4 is 21.3 Å². The molecule has 2 fully saturated rings. The second-order valence-corrected chi connectivity index (χ2v) is 14.2. The molecular formula is C35H40N10O4. The topological polar surface area (TPSA) is 148 Å². The van der Waals surface area contributed by atoms with Crippen molar-refractivity contribution >= 4 is 22.8 Å². The number of piperazine rings is 1. The van der Waals surface area contributed by atoms with Gasteiger partial charge in [0.2, 0.25) is 5.95 Å². The van der Waals surface area contributed by atoms with Gasteiger partial charge >= 0.3 is 0 Å². The van der Waals surface area contributed by atoms with Crippen LogP contribution in [0.4, 0.5) is 17.3 Å². The van der Waals surface area contributed by atoms with E-state index in [2.05, 4.69) is 55.9 Å². The Morgan fingerprint density at radius 2 is 1.86 bits per heavy atom. The molecule has 0 aromatic carbocycles. The average Bonchev–Trinajstić information content (AvgIpc) is 3.55. The van der Waals surface area contributed by atoms with Crippen LogP contribution in [0.25, 0.3) is 22.5 Å². The zero-order valence-electron chi connectivity index (χ0n) is 28.1. The molecule has 49 heavy (non-hydrogen) atoms. The molecule has 2 saturated heterocycles. The van der Waals surface area contributed by atoms with E-state index >= 15 is 0 Å². The summed E-state index contributed by atoms with van der Waals surface area (Å²) in [6, 6.07) is 6.21. The van der Waals surface area contributed by atoms with Crippen LogP contribution in [-0.4, -0.2) is 88.6 Å². The zero-order valence-corrected chi connectivity index (χ0v) is 28.1. The molecule has 2 aliphatic heterocycles. The maximum Gasteiger partial charge on any atom is 0.297 e. The molecular weight excluding hydrogens is 624 g/mol. The molecule has 3 aliphatic rings. The van der Waals surface area contributed by atoms with Gasteiger partial charge in [-0.3, -0.25) is 18.9 Å². The van der Waals surface area contributed by atoms with Crippen LogP contribution in [0.15, 0.2) is 58.9 Å². The van der Waals surface area contributed by atoms with E-state index in [1.54, 1.807) is 50.3 Å². The maximum atomic E-state index is 13.7. The Hall–Kier alpha value is -4.92. The Kier molecular flexibility index (Phi) is 7.61. The number of nitrogens with zero attached hydrogens (tertiary/aromatic N) is 9. The van der Waals surface area contributed by atoms with Gasteiger partial charge in [-0.05, 0) is 54.5 Å². The molecule has 2 N–H and O–H groups in total. The molecule has 5 aromatic heterocycles. The zero-order chi connectivity index (χ0) is 34.0. The smallest absolute Gasteiger partial charge is 0.297 e. The number of aliphatic hydroxyl groups excluding tert-OH is 1. The number of aromatic nitrogens is 7. The fourth-order valence-corrected chi connectivity index (χ4v) is 7.54. The van der Waals surface area contributed by atoms with Crippen LogP contribution in [0.5, 0.6) is 0 Å². The number of aryl methyl sites for hydroxylation is 1. The predicted molar refractivity (Wildman–Crippen MR) is 185 cm³/mol. The summed E-state index contributed by atoms with van der Waals surface area (Å²) in [5.74, 6) is 0.521. The lowest BCUT2D eigenvalue weighted by molar-refractivity contribution is -0.0691. The van der Waals surface area contributed by atoms with E-state index in [4.69, 9.17) is 4.74 Å². The lowest BCUT2D eigenvalue weighted by Crippen LogP contribution is -2.59. The highest BCUT2D eigenvalue weighted by atomic mass is 16.5. The summed E-state index contributed by atoms with van der Waals surface area (Å²) in [4.78, 5) is 45.3. The molecule has 7 heterocycles.